The fraction of sp³-hybridized carbons (Fsp3) is 0.0833. The molecule has 0 saturated heterocycles. The molecular formula is C24H18BrNO4. The number of phenols is 1. The Bertz CT molecular complexity index is 1190. The minimum atomic E-state index is -0.253. The van der Waals surface area contributed by atoms with E-state index < -0.39 is 0 Å². The maximum Gasteiger partial charge on any atom is 0.256 e. The summed E-state index contributed by atoms with van der Waals surface area (Å²) >= 11 is 3.32. The molecule has 6 heteroatoms. The Balaban J connectivity index is 1.76. The standard InChI is InChI=1S/C24H18BrNO4/c1-2-30-21-12-14(11-19(25)23(21)28)10-18-17-13-16(8-9-20(17)26-24(18)29)22(27)15-6-4-3-5-7-15/h3-13,28H,2H2,1H3,(H,26,29)/b18-10-. The highest BCUT2D eigenvalue weighted by Gasteiger charge is 2.26. The van der Waals surface area contributed by atoms with Crippen LogP contribution < -0.4 is 10.1 Å². The van der Waals surface area contributed by atoms with E-state index >= 15 is 0 Å². The van der Waals surface area contributed by atoms with Crippen LogP contribution in [-0.2, 0) is 4.79 Å². The number of aromatic hydroxyl groups is 1. The molecule has 0 atom stereocenters. The van der Waals surface area contributed by atoms with Crippen molar-refractivity contribution in [3.05, 3.63) is 87.4 Å². The number of hydrogen-bond donors (Lipinski definition) is 2. The van der Waals surface area contributed by atoms with Crippen LogP contribution >= 0.6 is 15.9 Å². The second-order valence-electron chi connectivity index (χ2n) is 6.75. The summed E-state index contributed by atoms with van der Waals surface area (Å²) in [6.07, 6.45) is 1.71. The topological polar surface area (TPSA) is 75.6 Å². The molecule has 1 amide bonds. The number of anilines is 1. The van der Waals surface area contributed by atoms with E-state index in [1.807, 2.05) is 25.1 Å². The van der Waals surface area contributed by atoms with Crippen LogP contribution in [0.3, 0.4) is 0 Å². The van der Waals surface area contributed by atoms with E-state index in [4.69, 9.17) is 4.74 Å². The lowest BCUT2D eigenvalue weighted by atomic mass is 9.97. The van der Waals surface area contributed by atoms with Crippen molar-refractivity contribution in [2.45, 2.75) is 6.92 Å². The first-order valence-corrected chi connectivity index (χ1v) is 10.2. The fourth-order valence-corrected chi connectivity index (χ4v) is 3.80. The molecule has 1 aliphatic rings. The number of phenolic OH excluding ortho intramolecular Hbond substituents is 1. The van der Waals surface area contributed by atoms with Gasteiger partial charge in [0.25, 0.3) is 5.91 Å². The number of rotatable bonds is 5. The molecule has 4 rings (SSSR count). The fourth-order valence-electron chi connectivity index (χ4n) is 3.34. The van der Waals surface area contributed by atoms with Gasteiger partial charge >= 0.3 is 0 Å². The lowest BCUT2D eigenvalue weighted by Crippen LogP contribution is -2.03. The number of nitrogens with one attached hydrogen (secondary N) is 1. The van der Waals surface area contributed by atoms with Gasteiger partial charge in [-0.15, -0.1) is 0 Å². The Morgan fingerprint density at radius 3 is 2.60 bits per heavy atom. The van der Waals surface area contributed by atoms with E-state index in [1.54, 1.807) is 48.5 Å². The van der Waals surface area contributed by atoms with Crippen LogP contribution in [0.5, 0.6) is 11.5 Å². The Morgan fingerprint density at radius 1 is 1.10 bits per heavy atom. The van der Waals surface area contributed by atoms with Gasteiger partial charge in [0.05, 0.1) is 11.1 Å². The molecule has 0 unspecified atom stereocenters. The first kappa shape index (κ1) is 19.9. The predicted molar refractivity (Wildman–Crippen MR) is 120 cm³/mol. The summed E-state index contributed by atoms with van der Waals surface area (Å²) in [6.45, 7) is 2.22. The van der Waals surface area contributed by atoms with Crippen molar-refractivity contribution in [2.75, 3.05) is 11.9 Å². The van der Waals surface area contributed by atoms with Gasteiger partial charge in [-0.3, -0.25) is 9.59 Å². The molecule has 5 nitrogen and oxygen atoms in total. The smallest absolute Gasteiger partial charge is 0.256 e. The zero-order chi connectivity index (χ0) is 21.3. The summed E-state index contributed by atoms with van der Waals surface area (Å²) in [5.74, 6) is -0.0315. The van der Waals surface area contributed by atoms with Crippen molar-refractivity contribution in [3.8, 4) is 11.5 Å². The van der Waals surface area contributed by atoms with Gasteiger partial charge < -0.3 is 15.2 Å². The average Bonchev–Trinajstić information content (AvgIpc) is 3.06. The van der Waals surface area contributed by atoms with Gasteiger partial charge in [0.1, 0.15) is 0 Å². The molecule has 1 aliphatic heterocycles. The second kappa shape index (κ2) is 8.16. The van der Waals surface area contributed by atoms with Crippen LogP contribution in [0.15, 0.2) is 65.1 Å². The van der Waals surface area contributed by atoms with Crippen LogP contribution in [0.1, 0.15) is 34.0 Å². The predicted octanol–water partition coefficient (Wildman–Crippen LogP) is 5.28. The highest BCUT2D eigenvalue weighted by atomic mass is 79.9. The van der Waals surface area contributed by atoms with E-state index in [-0.39, 0.29) is 17.4 Å². The van der Waals surface area contributed by atoms with Gasteiger partial charge in [0.2, 0.25) is 0 Å². The lowest BCUT2D eigenvalue weighted by molar-refractivity contribution is -0.110. The Kier molecular flexibility index (Phi) is 5.42. The molecule has 0 bridgehead atoms. The molecule has 30 heavy (non-hydrogen) atoms. The van der Waals surface area contributed by atoms with Gasteiger partial charge in [-0.25, -0.2) is 0 Å². The van der Waals surface area contributed by atoms with Gasteiger partial charge in [-0.2, -0.15) is 0 Å². The molecule has 150 valence electrons. The third-order valence-corrected chi connectivity index (χ3v) is 5.37. The van der Waals surface area contributed by atoms with Gasteiger partial charge in [-0.1, -0.05) is 30.3 Å². The van der Waals surface area contributed by atoms with Gasteiger partial charge in [0.15, 0.2) is 17.3 Å². The Labute approximate surface area is 182 Å². The molecule has 0 spiro atoms. The number of halogens is 1. The van der Waals surface area contributed by atoms with Gasteiger partial charge in [-0.05, 0) is 64.8 Å². The zero-order valence-electron chi connectivity index (χ0n) is 16.1. The molecule has 0 aromatic heterocycles. The number of carbonyl (C=O) groups excluding carboxylic acids is 2. The molecule has 0 aliphatic carbocycles. The second-order valence-corrected chi connectivity index (χ2v) is 7.60. The van der Waals surface area contributed by atoms with Crippen molar-refractivity contribution < 1.29 is 19.4 Å². The third kappa shape index (κ3) is 3.74. The monoisotopic (exact) mass is 463 g/mol. The van der Waals surface area contributed by atoms with Crippen molar-refractivity contribution in [2.24, 2.45) is 0 Å². The summed E-state index contributed by atoms with van der Waals surface area (Å²) in [5, 5.41) is 12.9. The maximum absolute atomic E-state index is 12.8. The summed E-state index contributed by atoms with van der Waals surface area (Å²) in [5.41, 5.74) is 3.52. The molecular weight excluding hydrogens is 446 g/mol. The van der Waals surface area contributed by atoms with Crippen LogP contribution in [0, 0.1) is 0 Å². The molecule has 0 saturated carbocycles. The summed E-state index contributed by atoms with van der Waals surface area (Å²) < 4.78 is 5.93. The summed E-state index contributed by atoms with van der Waals surface area (Å²) in [6, 6.07) is 17.6. The Hall–Kier alpha value is -3.38. The molecule has 0 fully saturated rings. The SMILES string of the molecule is CCOc1cc(/C=C2\C(=O)Nc3ccc(C(=O)c4ccccc4)cc32)cc(Br)c1O. The average molecular weight is 464 g/mol. The number of ether oxygens (including phenoxy) is 1. The Morgan fingerprint density at radius 2 is 1.87 bits per heavy atom. The number of ketones is 1. The van der Waals surface area contributed by atoms with Crippen LogP contribution in [0.25, 0.3) is 11.6 Å². The van der Waals surface area contributed by atoms with Crippen LogP contribution in [-0.4, -0.2) is 23.4 Å². The van der Waals surface area contributed by atoms with Crippen molar-refractivity contribution in [1.82, 2.24) is 0 Å². The highest BCUT2D eigenvalue weighted by molar-refractivity contribution is 9.10. The lowest BCUT2D eigenvalue weighted by Gasteiger charge is -2.09. The number of amides is 1. The summed E-state index contributed by atoms with van der Waals surface area (Å²) in [7, 11) is 0. The number of fused-ring (bicyclic) bond motifs is 1. The first-order valence-electron chi connectivity index (χ1n) is 9.40. The normalized spacial score (nSPS) is 13.8. The van der Waals surface area contributed by atoms with Crippen molar-refractivity contribution in [3.63, 3.8) is 0 Å². The van der Waals surface area contributed by atoms with Crippen molar-refractivity contribution in [1.29, 1.82) is 0 Å². The number of hydrogen-bond acceptors (Lipinski definition) is 4. The van der Waals surface area contributed by atoms with Crippen LogP contribution in [0.2, 0.25) is 0 Å². The first-order chi connectivity index (χ1) is 14.5. The molecule has 3 aromatic carbocycles. The summed E-state index contributed by atoms with van der Waals surface area (Å²) in [4.78, 5) is 25.4. The quantitative estimate of drug-likeness (QED) is 0.398. The van der Waals surface area contributed by atoms with E-state index in [2.05, 4.69) is 21.2 Å². The number of carbonyl (C=O) groups is 2. The van der Waals surface area contributed by atoms with E-state index in [9.17, 15) is 14.7 Å². The minimum absolute atomic E-state index is 0.00557. The minimum Gasteiger partial charge on any atom is -0.503 e. The molecule has 0 radical (unpaired) electrons. The third-order valence-electron chi connectivity index (χ3n) is 4.76. The molecule has 2 N–H and O–H groups in total. The maximum atomic E-state index is 12.8. The molecule has 1 heterocycles. The highest BCUT2D eigenvalue weighted by Crippen LogP contribution is 2.38. The van der Waals surface area contributed by atoms with E-state index in [0.29, 0.717) is 50.3 Å². The van der Waals surface area contributed by atoms with E-state index in [0.717, 1.165) is 0 Å². The number of benzene rings is 3. The van der Waals surface area contributed by atoms with Crippen LogP contribution in [0.4, 0.5) is 5.69 Å². The molecule has 3 aromatic rings. The largest absolute Gasteiger partial charge is 0.503 e. The van der Waals surface area contributed by atoms with Crippen molar-refractivity contribution >= 4 is 45.0 Å². The van der Waals surface area contributed by atoms with Gasteiger partial charge in [0, 0.05) is 28.0 Å². The zero-order valence-corrected chi connectivity index (χ0v) is 17.7. The van der Waals surface area contributed by atoms with E-state index in [1.165, 1.54) is 0 Å².